The summed E-state index contributed by atoms with van der Waals surface area (Å²) in [6.07, 6.45) is 6.35. The molecule has 2 heterocycles. The first-order valence-electron chi connectivity index (χ1n) is 10.5. The molecule has 1 aromatic carbocycles. The highest BCUT2D eigenvalue weighted by atomic mass is 28.3. The summed E-state index contributed by atoms with van der Waals surface area (Å²) in [7, 11) is -1.59. The highest BCUT2D eigenvalue weighted by molar-refractivity contribution is 6.89. The summed E-state index contributed by atoms with van der Waals surface area (Å²) < 4.78 is 0. The summed E-state index contributed by atoms with van der Waals surface area (Å²) in [5.41, 5.74) is 7.31. The van der Waals surface area contributed by atoms with Crippen LogP contribution in [0.15, 0.2) is 54.7 Å². The predicted molar refractivity (Wildman–Crippen MR) is 124 cm³/mol. The molecule has 2 nitrogen and oxygen atoms in total. The molecule has 2 aromatic heterocycles. The fourth-order valence-electron chi connectivity index (χ4n) is 4.06. The van der Waals surface area contributed by atoms with E-state index in [1.54, 1.807) is 5.19 Å². The third kappa shape index (κ3) is 4.25. The molecular weight excluding hydrogens is 356 g/mol. The maximum Gasteiger partial charge on any atom is 0.0924 e. The van der Waals surface area contributed by atoms with E-state index in [0.29, 0.717) is 0 Å². The first kappa shape index (κ1) is 20.5. The van der Waals surface area contributed by atoms with Gasteiger partial charge in [0, 0.05) is 11.8 Å². The Labute approximate surface area is 171 Å². The Morgan fingerprint density at radius 1 is 0.821 bits per heavy atom. The first-order chi connectivity index (χ1) is 13.5. The van der Waals surface area contributed by atoms with Crippen molar-refractivity contribution in [3.8, 4) is 22.6 Å². The number of aromatic nitrogens is 2. The van der Waals surface area contributed by atoms with E-state index in [1.165, 1.54) is 29.5 Å². The van der Waals surface area contributed by atoms with Crippen LogP contribution >= 0.6 is 0 Å². The lowest BCUT2D eigenvalue weighted by atomic mass is 9.96. The average molecular weight is 389 g/mol. The van der Waals surface area contributed by atoms with Crippen LogP contribution < -0.4 is 5.19 Å². The number of rotatable bonds is 7. The monoisotopic (exact) mass is 388 g/mol. The van der Waals surface area contributed by atoms with Gasteiger partial charge in [0.15, 0.2) is 0 Å². The van der Waals surface area contributed by atoms with Crippen molar-refractivity contribution in [2.75, 3.05) is 0 Å². The molecule has 0 saturated carbocycles. The highest BCUT2D eigenvalue weighted by Crippen LogP contribution is 2.31. The molecule has 0 bridgehead atoms. The second-order valence-corrected chi connectivity index (χ2v) is 13.4. The fraction of sp³-hybridized carbons (Fsp3) is 0.360. The Balaban J connectivity index is 2.40. The molecule has 0 radical (unpaired) electrons. The Bertz CT molecular complexity index is 913. The van der Waals surface area contributed by atoms with Gasteiger partial charge in [-0.25, -0.2) is 4.98 Å². The Morgan fingerprint density at radius 2 is 1.54 bits per heavy atom. The molecule has 0 aliphatic heterocycles. The van der Waals surface area contributed by atoms with E-state index < -0.39 is 8.07 Å². The Morgan fingerprint density at radius 3 is 2.11 bits per heavy atom. The molecule has 0 aliphatic rings. The summed E-state index contributed by atoms with van der Waals surface area (Å²) in [6.45, 7) is 11.9. The van der Waals surface area contributed by atoms with E-state index in [1.807, 2.05) is 12.3 Å². The van der Waals surface area contributed by atoms with Crippen molar-refractivity contribution in [2.45, 2.75) is 59.2 Å². The molecular formula is C25H32N2Si. The smallest absolute Gasteiger partial charge is 0.0924 e. The van der Waals surface area contributed by atoms with Gasteiger partial charge in [-0.15, -0.1) is 0 Å². The number of hydrogen-bond acceptors (Lipinski definition) is 2. The van der Waals surface area contributed by atoms with Gasteiger partial charge in [-0.2, -0.15) is 0 Å². The molecule has 0 fully saturated rings. The van der Waals surface area contributed by atoms with Gasteiger partial charge in [-0.05, 0) is 47.7 Å². The van der Waals surface area contributed by atoms with Gasteiger partial charge in [0.1, 0.15) is 0 Å². The molecule has 28 heavy (non-hydrogen) atoms. The van der Waals surface area contributed by atoms with Gasteiger partial charge in [-0.3, -0.25) is 4.98 Å². The number of unbranched alkanes of at least 4 members (excludes halogenated alkanes) is 1. The molecule has 0 atom stereocenters. The van der Waals surface area contributed by atoms with Gasteiger partial charge < -0.3 is 0 Å². The van der Waals surface area contributed by atoms with Crippen LogP contribution in [0.4, 0.5) is 0 Å². The maximum atomic E-state index is 5.27. The molecule has 0 spiro atoms. The van der Waals surface area contributed by atoms with Crippen LogP contribution in [0.1, 0.15) is 37.8 Å². The molecule has 3 aromatic rings. The second kappa shape index (κ2) is 8.83. The summed E-state index contributed by atoms with van der Waals surface area (Å²) in [4.78, 5) is 9.95. The van der Waals surface area contributed by atoms with E-state index in [0.717, 1.165) is 29.9 Å². The van der Waals surface area contributed by atoms with E-state index in [9.17, 15) is 0 Å². The van der Waals surface area contributed by atoms with Gasteiger partial charge in [0.05, 0.1) is 25.2 Å². The number of nitrogens with zero attached hydrogens (tertiary/aromatic N) is 2. The standard InChI is InChI=1S/C25H32N2Si/c1-6-8-16-21-24(22-17-12-13-18-26-22)27-23(19-14-10-9-11-15-19)20(7-2)25(21)28(3,4)5/h9-15,17-18H,6-8,16H2,1-5H3. The number of pyridine rings is 2. The largest absolute Gasteiger partial charge is 0.255 e. The van der Waals surface area contributed by atoms with Crippen molar-refractivity contribution in [1.29, 1.82) is 0 Å². The van der Waals surface area contributed by atoms with Gasteiger partial charge in [-0.1, -0.05) is 76.3 Å². The van der Waals surface area contributed by atoms with Crippen LogP contribution in [-0.2, 0) is 12.8 Å². The van der Waals surface area contributed by atoms with Crippen LogP contribution in [0.2, 0.25) is 19.6 Å². The minimum Gasteiger partial charge on any atom is -0.255 e. The Hall–Kier alpha value is -2.26. The summed E-state index contributed by atoms with van der Waals surface area (Å²) in [6, 6.07) is 16.8. The van der Waals surface area contributed by atoms with Crippen LogP contribution in [0.5, 0.6) is 0 Å². The van der Waals surface area contributed by atoms with Crippen molar-refractivity contribution in [1.82, 2.24) is 9.97 Å². The van der Waals surface area contributed by atoms with Crippen LogP contribution in [0.25, 0.3) is 22.6 Å². The minimum absolute atomic E-state index is 0.993. The molecule has 3 rings (SSSR count). The average Bonchev–Trinajstić information content (AvgIpc) is 2.71. The van der Waals surface area contributed by atoms with E-state index >= 15 is 0 Å². The van der Waals surface area contributed by atoms with Crippen molar-refractivity contribution in [2.24, 2.45) is 0 Å². The fourth-order valence-corrected chi connectivity index (χ4v) is 6.41. The van der Waals surface area contributed by atoms with E-state index in [2.05, 4.69) is 80.9 Å². The zero-order valence-corrected chi connectivity index (χ0v) is 18.9. The maximum absolute atomic E-state index is 5.27. The normalized spacial score (nSPS) is 11.6. The summed E-state index contributed by atoms with van der Waals surface area (Å²) >= 11 is 0. The van der Waals surface area contributed by atoms with Crippen molar-refractivity contribution < 1.29 is 0 Å². The van der Waals surface area contributed by atoms with E-state index in [-0.39, 0.29) is 0 Å². The lowest BCUT2D eigenvalue weighted by Gasteiger charge is -2.28. The Kier molecular flexibility index (Phi) is 6.45. The molecule has 0 amide bonds. The van der Waals surface area contributed by atoms with Crippen molar-refractivity contribution in [3.63, 3.8) is 0 Å². The number of benzene rings is 1. The molecule has 3 heteroatoms. The molecule has 146 valence electrons. The SMILES string of the molecule is CCCCc1c(-c2ccccn2)nc(-c2ccccc2)c(CC)c1[Si](C)(C)C. The predicted octanol–water partition coefficient (Wildman–Crippen LogP) is 6.26. The molecule has 0 unspecified atom stereocenters. The summed E-state index contributed by atoms with van der Waals surface area (Å²) in [5.74, 6) is 0. The molecule has 0 saturated heterocycles. The van der Waals surface area contributed by atoms with Crippen molar-refractivity contribution in [3.05, 3.63) is 65.9 Å². The molecule has 0 aliphatic carbocycles. The quantitative estimate of drug-likeness (QED) is 0.446. The van der Waals surface area contributed by atoms with Gasteiger partial charge in [0.25, 0.3) is 0 Å². The lowest BCUT2D eigenvalue weighted by Crippen LogP contribution is -2.44. The highest BCUT2D eigenvalue weighted by Gasteiger charge is 2.29. The van der Waals surface area contributed by atoms with Crippen LogP contribution in [0.3, 0.4) is 0 Å². The van der Waals surface area contributed by atoms with Crippen LogP contribution in [-0.4, -0.2) is 18.0 Å². The zero-order valence-electron chi connectivity index (χ0n) is 17.9. The lowest BCUT2D eigenvalue weighted by molar-refractivity contribution is 0.794. The third-order valence-electron chi connectivity index (χ3n) is 5.24. The van der Waals surface area contributed by atoms with E-state index in [4.69, 9.17) is 4.98 Å². The van der Waals surface area contributed by atoms with Gasteiger partial charge >= 0.3 is 0 Å². The van der Waals surface area contributed by atoms with Crippen molar-refractivity contribution >= 4 is 13.3 Å². The minimum atomic E-state index is -1.59. The number of hydrogen-bond donors (Lipinski definition) is 0. The first-order valence-corrected chi connectivity index (χ1v) is 14.0. The second-order valence-electron chi connectivity index (χ2n) is 8.43. The third-order valence-corrected chi connectivity index (χ3v) is 7.34. The topological polar surface area (TPSA) is 25.8 Å². The summed E-state index contributed by atoms with van der Waals surface area (Å²) in [5, 5.41) is 1.60. The molecule has 0 N–H and O–H groups in total. The zero-order chi connectivity index (χ0) is 20.1. The van der Waals surface area contributed by atoms with Gasteiger partial charge in [0.2, 0.25) is 0 Å². The van der Waals surface area contributed by atoms with Crippen LogP contribution in [0, 0.1) is 0 Å².